The van der Waals surface area contributed by atoms with Gasteiger partial charge in [-0.1, -0.05) is 13.0 Å². The smallest absolute Gasteiger partial charge is 0.230 e. The maximum absolute atomic E-state index is 12.0. The summed E-state index contributed by atoms with van der Waals surface area (Å²) in [6.07, 6.45) is 4.68. The molecule has 1 aliphatic rings. The first kappa shape index (κ1) is 15.2. The molecule has 3 nitrogen and oxygen atoms in total. The molecule has 1 aliphatic carbocycles. The summed E-state index contributed by atoms with van der Waals surface area (Å²) < 4.78 is 0. The fourth-order valence-electron chi connectivity index (χ4n) is 2.62. The molecule has 1 amide bonds. The van der Waals surface area contributed by atoms with E-state index in [1.54, 1.807) is 0 Å². The molecule has 0 aliphatic heterocycles. The highest BCUT2D eigenvalue weighted by molar-refractivity contribution is 8.00. The summed E-state index contributed by atoms with van der Waals surface area (Å²) in [4.78, 5) is 13.0. The van der Waals surface area contributed by atoms with Gasteiger partial charge in [-0.05, 0) is 56.2 Å². The van der Waals surface area contributed by atoms with Gasteiger partial charge in [0, 0.05) is 16.6 Å². The lowest BCUT2D eigenvalue weighted by Crippen LogP contribution is -2.38. The number of carbonyl (C=O) groups excluding carboxylic acids is 1. The van der Waals surface area contributed by atoms with E-state index in [0.717, 1.165) is 34.9 Å². The predicted octanol–water partition coefficient (Wildman–Crippen LogP) is 3.36. The number of anilines is 1. The molecule has 110 valence electrons. The van der Waals surface area contributed by atoms with Gasteiger partial charge in [0.1, 0.15) is 0 Å². The minimum absolute atomic E-state index is 0.120. The van der Waals surface area contributed by atoms with Crippen LogP contribution in [0.15, 0.2) is 23.1 Å². The summed E-state index contributed by atoms with van der Waals surface area (Å²) >= 11 is 1.52. The molecule has 2 rings (SSSR count). The highest BCUT2D eigenvalue weighted by Gasteiger charge is 2.19. The molecule has 0 radical (unpaired) electrons. The molecule has 0 atom stereocenters. The number of amides is 1. The van der Waals surface area contributed by atoms with Crippen LogP contribution in [0.1, 0.15) is 38.2 Å². The lowest BCUT2D eigenvalue weighted by atomic mass is 9.87. The second-order valence-corrected chi connectivity index (χ2v) is 6.87. The van der Waals surface area contributed by atoms with E-state index in [1.807, 2.05) is 25.1 Å². The largest absolute Gasteiger partial charge is 0.398 e. The van der Waals surface area contributed by atoms with Crippen LogP contribution in [0.2, 0.25) is 0 Å². The number of carbonyl (C=O) groups is 1. The fourth-order valence-corrected chi connectivity index (χ4v) is 3.38. The lowest BCUT2D eigenvalue weighted by Gasteiger charge is -2.26. The Morgan fingerprint density at radius 1 is 1.35 bits per heavy atom. The van der Waals surface area contributed by atoms with E-state index >= 15 is 0 Å². The Morgan fingerprint density at radius 3 is 2.70 bits per heavy atom. The Bertz CT molecular complexity index is 468. The van der Waals surface area contributed by atoms with Crippen molar-refractivity contribution in [1.29, 1.82) is 0 Å². The molecule has 3 N–H and O–H groups in total. The van der Waals surface area contributed by atoms with Crippen LogP contribution in [0.5, 0.6) is 0 Å². The van der Waals surface area contributed by atoms with Crippen molar-refractivity contribution in [3.05, 3.63) is 23.8 Å². The van der Waals surface area contributed by atoms with E-state index < -0.39 is 0 Å². The zero-order valence-electron chi connectivity index (χ0n) is 12.3. The number of hydrogen-bond donors (Lipinski definition) is 2. The molecule has 0 bridgehead atoms. The van der Waals surface area contributed by atoms with Gasteiger partial charge in [0.15, 0.2) is 0 Å². The number of benzene rings is 1. The molecule has 0 aromatic heterocycles. The second-order valence-electron chi connectivity index (χ2n) is 5.85. The Morgan fingerprint density at radius 2 is 2.05 bits per heavy atom. The van der Waals surface area contributed by atoms with E-state index in [0.29, 0.717) is 11.8 Å². The highest BCUT2D eigenvalue weighted by atomic mass is 32.2. The summed E-state index contributed by atoms with van der Waals surface area (Å²) in [5, 5.41) is 3.14. The van der Waals surface area contributed by atoms with Crippen LogP contribution < -0.4 is 11.1 Å². The van der Waals surface area contributed by atoms with Crippen LogP contribution in [0.4, 0.5) is 5.69 Å². The summed E-state index contributed by atoms with van der Waals surface area (Å²) in [5.74, 6) is 1.37. The number of rotatable bonds is 4. The van der Waals surface area contributed by atoms with Crippen molar-refractivity contribution in [3.63, 3.8) is 0 Å². The summed E-state index contributed by atoms with van der Waals surface area (Å²) in [6.45, 7) is 4.30. The van der Waals surface area contributed by atoms with Gasteiger partial charge in [0.05, 0.1) is 5.75 Å². The average molecular weight is 292 g/mol. The molecule has 4 heteroatoms. The van der Waals surface area contributed by atoms with E-state index in [9.17, 15) is 4.79 Å². The topological polar surface area (TPSA) is 55.1 Å². The van der Waals surface area contributed by atoms with E-state index in [2.05, 4.69) is 12.2 Å². The van der Waals surface area contributed by atoms with Crippen molar-refractivity contribution < 1.29 is 4.79 Å². The van der Waals surface area contributed by atoms with Gasteiger partial charge in [-0.2, -0.15) is 0 Å². The van der Waals surface area contributed by atoms with Crippen molar-refractivity contribution >= 4 is 23.4 Å². The Hall–Kier alpha value is -1.16. The summed E-state index contributed by atoms with van der Waals surface area (Å²) in [5.41, 5.74) is 7.86. The quantitative estimate of drug-likeness (QED) is 0.661. The van der Waals surface area contributed by atoms with Crippen LogP contribution >= 0.6 is 11.8 Å². The van der Waals surface area contributed by atoms with Crippen LogP contribution in [-0.4, -0.2) is 17.7 Å². The predicted molar refractivity (Wildman–Crippen MR) is 85.9 cm³/mol. The molecule has 1 fully saturated rings. The minimum Gasteiger partial charge on any atom is -0.398 e. The van der Waals surface area contributed by atoms with Gasteiger partial charge in [-0.15, -0.1) is 11.8 Å². The molecule has 1 saturated carbocycles. The van der Waals surface area contributed by atoms with Crippen LogP contribution in [0.3, 0.4) is 0 Å². The van der Waals surface area contributed by atoms with Gasteiger partial charge in [0.25, 0.3) is 0 Å². The monoisotopic (exact) mass is 292 g/mol. The maximum atomic E-state index is 12.0. The Labute approximate surface area is 125 Å². The van der Waals surface area contributed by atoms with Crippen LogP contribution in [0.25, 0.3) is 0 Å². The van der Waals surface area contributed by atoms with Crippen molar-refractivity contribution in [2.45, 2.75) is 50.5 Å². The first-order valence-electron chi connectivity index (χ1n) is 7.33. The molecule has 0 unspecified atom stereocenters. The highest BCUT2D eigenvalue weighted by Crippen LogP contribution is 2.26. The van der Waals surface area contributed by atoms with Crippen LogP contribution in [-0.2, 0) is 4.79 Å². The standard InChI is InChI=1S/C16H24N2OS/c1-11-3-6-13(7-4-11)18-16(19)10-20-15-8-5-12(2)9-14(15)17/h5,8-9,11,13H,3-4,6-7,10,17H2,1-2H3,(H,18,19). The fraction of sp³-hybridized carbons (Fsp3) is 0.562. The third-order valence-corrected chi connectivity index (χ3v) is 4.99. The number of thioether (sulfide) groups is 1. The SMILES string of the molecule is Cc1ccc(SCC(=O)NC2CCC(C)CC2)c(N)c1. The summed E-state index contributed by atoms with van der Waals surface area (Å²) in [7, 11) is 0. The van der Waals surface area contributed by atoms with Gasteiger partial charge in [-0.25, -0.2) is 0 Å². The van der Waals surface area contributed by atoms with Crippen molar-refractivity contribution in [2.75, 3.05) is 11.5 Å². The number of hydrogen-bond acceptors (Lipinski definition) is 3. The normalized spacial score (nSPS) is 22.5. The molecular weight excluding hydrogens is 268 g/mol. The zero-order valence-corrected chi connectivity index (χ0v) is 13.1. The average Bonchev–Trinajstić information content (AvgIpc) is 2.40. The third kappa shape index (κ3) is 4.44. The number of nitrogens with one attached hydrogen (secondary N) is 1. The van der Waals surface area contributed by atoms with Gasteiger partial charge in [-0.3, -0.25) is 4.79 Å². The van der Waals surface area contributed by atoms with E-state index in [-0.39, 0.29) is 5.91 Å². The number of aryl methyl sites for hydroxylation is 1. The van der Waals surface area contributed by atoms with Gasteiger partial charge >= 0.3 is 0 Å². The first-order valence-corrected chi connectivity index (χ1v) is 8.31. The molecule has 1 aromatic rings. The minimum atomic E-state index is 0.120. The number of nitrogens with two attached hydrogens (primary N) is 1. The van der Waals surface area contributed by atoms with Gasteiger partial charge < -0.3 is 11.1 Å². The first-order chi connectivity index (χ1) is 9.54. The molecule has 20 heavy (non-hydrogen) atoms. The van der Waals surface area contributed by atoms with E-state index in [4.69, 9.17) is 5.73 Å². The zero-order chi connectivity index (χ0) is 14.5. The maximum Gasteiger partial charge on any atom is 0.230 e. The lowest BCUT2D eigenvalue weighted by molar-refractivity contribution is -0.119. The molecule has 1 aromatic carbocycles. The second kappa shape index (κ2) is 7.02. The molecule has 0 spiro atoms. The van der Waals surface area contributed by atoms with Crippen molar-refractivity contribution in [1.82, 2.24) is 5.32 Å². The molecule has 0 saturated heterocycles. The van der Waals surface area contributed by atoms with Crippen molar-refractivity contribution in [3.8, 4) is 0 Å². The van der Waals surface area contributed by atoms with Gasteiger partial charge in [0.2, 0.25) is 5.91 Å². The van der Waals surface area contributed by atoms with E-state index in [1.165, 1.54) is 24.6 Å². The summed E-state index contributed by atoms with van der Waals surface area (Å²) in [6, 6.07) is 6.34. The molecule has 0 heterocycles. The number of nitrogen functional groups attached to an aromatic ring is 1. The van der Waals surface area contributed by atoms with Crippen LogP contribution in [0, 0.1) is 12.8 Å². The van der Waals surface area contributed by atoms with Crippen molar-refractivity contribution in [2.24, 2.45) is 5.92 Å². The Kier molecular flexibility index (Phi) is 5.35. The molecular formula is C16H24N2OS. The third-order valence-electron chi connectivity index (χ3n) is 3.91. The Balaban J connectivity index is 1.77.